The molecule has 1 aromatic rings. The van der Waals surface area contributed by atoms with Crippen molar-refractivity contribution in [3.8, 4) is 0 Å². The first-order valence-corrected chi connectivity index (χ1v) is 5.90. The van der Waals surface area contributed by atoms with Crippen molar-refractivity contribution >= 4 is 17.2 Å². The summed E-state index contributed by atoms with van der Waals surface area (Å²) in [7, 11) is 3.02. The number of carbonyl (C=O) groups is 1. The number of aryl methyl sites for hydroxylation is 1. The van der Waals surface area contributed by atoms with Crippen LogP contribution in [0.4, 0.5) is 0 Å². The summed E-state index contributed by atoms with van der Waals surface area (Å²) in [4.78, 5) is 27.6. The third-order valence-corrected chi connectivity index (χ3v) is 3.25. The van der Waals surface area contributed by atoms with E-state index in [9.17, 15) is 9.59 Å². The van der Waals surface area contributed by atoms with Crippen molar-refractivity contribution in [1.29, 1.82) is 0 Å². The summed E-state index contributed by atoms with van der Waals surface area (Å²) in [6.07, 6.45) is 1.02. The Morgan fingerprint density at radius 1 is 1.62 bits per heavy atom. The topological polar surface area (TPSA) is 51.5 Å². The molecular formula is C10H16N2O3S. The van der Waals surface area contributed by atoms with E-state index in [1.165, 1.54) is 23.5 Å². The third-order valence-electron chi connectivity index (χ3n) is 2.37. The highest BCUT2D eigenvalue weighted by atomic mass is 32.1. The van der Waals surface area contributed by atoms with Gasteiger partial charge in [-0.1, -0.05) is 11.3 Å². The summed E-state index contributed by atoms with van der Waals surface area (Å²) < 4.78 is 1.69. The molecule has 1 rings (SSSR count). The number of hydrogen-bond acceptors (Lipinski definition) is 4. The van der Waals surface area contributed by atoms with Gasteiger partial charge in [-0.15, -0.1) is 0 Å². The van der Waals surface area contributed by atoms with Gasteiger partial charge in [-0.25, -0.2) is 5.06 Å². The van der Waals surface area contributed by atoms with E-state index in [2.05, 4.69) is 0 Å². The summed E-state index contributed by atoms with van der Waals surface area (Å²) in [6.45, 7) is 2.47. The predicted molar refractivity (Wildman–Crippen MR) is 62.3 cm³/mol. The van der Waals surface area contributed by atoms with Gasteiger partial charge in [0.1, 0.15) is 0 Å². The third kappa shape index (κ3) is 3.18. The van der Waals surface area contributed by atoms with Crippen molar-refractivity contribution in [1.82, 2.24) is 9.63 Å². The number of nitrogens with zero attached hydrogens (tertiary/aromatic N) is 2. The maximum Gasteiger partial charge on any atom is 0.307 e. The van der Waals surface area contributed by atoms with Gasteiger partial charge in [-0.05, 0) is 13.3 Å². The monoisotopic (exact) mass is 244 g/mol. The predicted octanol–water partition coefficient (Wildman–Crippen LogP) is 1.02. The van der Waals surface area contributed by atoms with Gasteiger partial charge >= 0.3 is 4.87 Å². The van der Waals surface area contributed by atoms with Gasteiger partial charge in [-0.2, -0.15) is 0 Å². The molecule has 1 aromatic heterocycles. The number of thiazole rings is 1. The second kappa shape index (κ2) is 5.81. The molecule has 0 aliphatic carbocycles. The second-order valence-corrected chi connectivity index (χ2v) is 4.29. The molecule has 0 aliphatic heterocycles. The maximum absolute atomic E-state index is 11.4. The van der Waals surface area contributed by atoms with Gasteiger partial charge in [0.2, 0.25) is 5.91 Å². The van der Waals surface area contributed by atoms with Crippen molar-refractivity contribution < 1.29 is 9.63 Å². The fourth-order valence-corrected chi connectivity index (χ4v) is 2.08. The molecule has 0 spiro atoms. The number of amides is 1. The van der Waals surface area contributed by atoms with Crippen LogP contribution in [0, 0.1) is 6.92 Å². The van der Waals surface area contributed by atoms with Crippen molar-refractivity contribution in [3.63, 3.8) is 0 Å². The van der Waals surface area contributed by atoms with Crippen LogP contribution in [0.25, 0.3) is 0 Å². The lowest BCUT2D eigenvalue weighted by Gasteiger charge is -2.13. The molecule has 0 fully saturated rings. The van der Waals surface area contributed by atoms with Gasteiger partial charge in [0.25, 0.3) is 0 Å². The minimum atomic E-state index is -0.0802. The largest absolute Gasteiger partial charge is 0.307 e. The lowest BCUT2D eigenvalue weighted by Crippen LogP contribution is -2.25. The molecule has 6 heteroatoms. The van der Waals surface area contributed by atoms with Crippen LogP contribution in [0.3, 0.4) is 0 Å². The zero-order valence-electron chi connectivity index (χ0n) is 9.73. The molecule has 0 bridgehead atoms. The molecule has 0 saturated heterocycles. The van der Waals surface area contributed by atoms with Gasteiger partial charge in [0, 0.05) is 31.1 Å². The first kappa shape index (κ1) is 12.9. The lowest BCUT2D eigenvalue weighted by atomic mass is 10.3. The second-order valence-electron chi connectivity index (χ2n) is 3.47. The molecule has 0 atom stereocenters. The molecule has 1 heterocycles. The van der Waals surface area contributed by atoms with Crippen LogP contribution in [0.15, 0.2) is 10.2 Å². The van der Waals surface area contributed by atoms with E-state index < -0.39 is 0 Å². The van der Waals surface area contributed by atoms with Gasteiger partial charge < -0.3 is 4.57 Å². The molecule has 0 radical (unpaired) electrons. The quantitative estimate of drug-likeness (QED) is 0.727. The highest BCUT2D eigenvalue weighted by Gasteiger charge is 2.08. The molecule has 5 nitrogen and oxygen atoms in total. The Labute approximate surface area is 98.2 Å². The average Bonchev–Trinajstić information content (AvgIpc) is 2.59. The first-order chi connectivity index (χ1) is 7.56. The maximum atomic E-state index is 11.4. The first-order valence-electron chi connectivity index (χ1n) is 5.02. The lowest BCUT2D eigenvalue weighted by molar-refractivity contribution is -0.168. The Bertz CT molecular complexity index is 410. The fourth-order valence-electron chi connectivity index (χ4n) is 1.32. The van der Waals surface area contributed by atoms with Crippen LogP contribution in [-0.4, -0.2) is 29.7 Å². The van der Waals surface area contributed by atoms with E-state index in [-0.39, 0.29) is 10.8 Å². The van der Waals surface area contributed by atoms with Gasteiger partial charge in [0.05, 0.1) is 7.11 Å². The van der Waals surface area contributed by atoms with E-state index in [0.29, 0.717) is 19.4 Å². The van der Waals surface area contributed by atoms with E-state index in [1.54, 1.807) is 11.6 Å². The normalized spacial score (nSPS) is 10.4. The number of rotatable bonds is 5. The Morgan fingerprint density at radius 3 is 2.81 bits per heavy atom. The van der Waals surface area contributed by atoms with Crippen LogP contribution in [0.2, 0.25) is 0 Å². The zero-order chi connectivity index (χ0) is 12.1. The Kier molecular flexibility index (Phi) is 4.70. The van der Waals surface area contributed by atoms with Crippen LogP contribution >= 0.6 is 11.3 Å². The molecule has 0 aromatic carbocycles. The summed E-state index contributed by atoms with van der Waals surface area (Å²) in [5, 5.41) is 3.02. The molecule has 0 aliphatic rings. The smallest absolute Gasteiger partial charge is 0.303 e. The zero-order valence-corrected chi connectivity index (χ0v) is 10.5. The van der Waals surface area contributed by atoms with Crippen LogP contribution < -0.4 is 4.87 Å². The molecule has 0 saturated carbocycles. The van der Waals surface area contributed by atoms with Gasteiger partial charge in [0.15, 0.2) is 0 Å². The fraction of sp³-hybridized carbons (Fsp3) is 0.600. The number of hydroxylamine groups is 2. The van der Waals surface area contributed by atoms with Crippen molar-refractivity contribution in [2.75, 3.05) is 14.2 Å². The average molecular weight is 244 g/mol. The standard InChI is InChI=1S/C10H16N2O3S/c1-8-7-16-10(14)12(8)6-4-5-9(13)11(2)15-3/h7H,4-6H2,1-3H3. The highest BCUT2D eigenvalue weighted by molar-refractivity contribution is 7.07. The van der Waals surface area contributed by atoms with Crippen LogP contribution in [0.5, 0.6) is 0 Å². The van der Waals surface area contributed by atoms with E-state index >= 15 is 0 Å². The number of hydrogen-bond donors (Lipinski definition) is 0. The molecule has 1 amide bonds. The molecule has 90 valence electrons. The van der Waals surface area contributed by atoms with Crippen molar-refractivity contribution in [3.05, 3.63) is 20.7 Å². The Balaban J connectivity index is 2.42. The van der Waals surface area contributed by atoms with E-state index in [1.807, 2.05) is 12.3 Å². The Hall–Kier alpha value is -1.14. The summed E-state index contributed by atoms with van der Waals surface area (Å²) in [5.74, 6) is -0.0802. The highest BCUT2D eigenvalue weighted by Crippen LogP contribution is 2.03. The van der Waals surface area contributed by atoms with Crippen LogP contribution in [0.1, 0.15) is 18.5 Å². The van der Waals surface area contributed by atoms with Crippen LogP contribution in [-0.2, 0) is 16.2 Å². The van der Waals surface area contributed by atoms with E-state index in [4.69, 9.17) is 4.84 Å². The summed E-state index contributed by atoms with van der Waals surface area (Å²) in [6, 6.07) is 0. The molecule has 0 N–H and O–H groups in total. The molecule has 16 heavy (non-hydrogen) atoms. The SMILES string of the molecule is CON(C)C(=O)CCCn1c(C)csc1=O. The number of aromatic nitrogens is 1. The molecule has 0 unspecified atom stereocenters. The summed E-state index contributed by atoms with van der Waals surface area (Å²) in [5.41, 5.74) is 0.947. The van der Waals surface area contributed by atoms with Gasteiger partial charge in [-0.3, -0.25) is 14.4 Å². The minimum Gasteiger partial charge on any atom is -0.303 e. The minimum absolute atomic E-state index is 0.0324. The van der Waals surface area contributed by atoms with Crippen molar-refractivity contribution in [2.45, 2.75) is 26.3 Å². The summed E-state index contributed by atoms with van der Waals surface area (Å²) >= 11 is 1.19. The van der Waals surface area contributed by atoms with Crippen molar-refractivity contribution in [2.24, 2.45) is 0 Å². The number of carbonyl (C=O) groups excluding carboxylic acids is 1. The Morgan fingerprint density at radius 2 is 2.31 bits per heavy atom. The van der Waals surface area contributed by atoms with E-state index in [0.717, 1.165) is 5.69 Å². The molecular weight excluding hydrogens is 228 g/mol.